The quantitative estimate of drug-likeness (QED) is 0.368. The standard InChI is InChI=1S/C22H19N3O3S/c1-2-13-28-17-8-7-16(24-25-22(27)14-9-11-23-12-10-14)19-20(26)15-5-3-4-6-18(15)29-21(17)19/h3-12,24H,2,13H2,1H3,(H,25,27). The van der Waals surface area contributed by atoms with Crippen molar-refractivity contribution in [2.75, 3.05) is 12.0 Å². The first kappa shape index (κ1) is 18.9. The summed E-state index contributed by atoms with van der Waals surface area (Å²) in [7, 11) is 0. The van der Waals surface area contributed by atoms with Gasteiger partial charge in [0.1, 0.15) is 5.75 Å². The molecule has 4 aromatic rings. The van der Waals surface area contributed by atoms with Crippen molar-refractivity contribution in [3.8, 4) is 5.75 Å². The predicted octanol–water partition coefficient (Wildman–Crippen LogP) is 4.36. The van der Waals surface area contributed by atoms with Gasteiger partial charge in [-0.1, -0.05) is 19.1 Å². The summed E-state index contributed by atoms with van der Waals surface area (Å²) in [4.78, 5) is 29.5. The summed E-state index contributed by atoms with van der Waals surface area (Å²) in [6.07, 6.45) is 3.97. The molecule has 0 unspecified atom stereocenters. The first-order valence-corrected chi connectivity index (χ1v) is 10.1. The van der Waals surface area contributed by atoms with Gasteiger partial charge in [-0.15, -0.1) is 11.3 Å². The third-order valence-corrected chi connectivity index (χ3v) is 5.59. The van der Waals surface area contributed by atoms with Gasteiger partial charge in [0.15, 0.2) is 5.43 Å². The van der Waals surface area contributed by atoms with E-state index in [2.05, 4.69) is 15.8 Å². The third kappa shape index (κ3) is 3.77. The smallest absolute Gasteiger partial charge is 0.269 e. The molecule has 0 aliphatic rings. The highest BCUT2D eigenvalue weighted by molar-refractivity contribution is 7.25. The maximum absolute atomic E-state index is 13.2. The maximum Gasteiger partial charge on any atom is 0.269 e. The Bertz CT molecular complexity index is 1240. The highest BCUT2D eigenvalue weighted by atomic mass is 32.1. The highest BCUT2D eigenvalue weighted by Crippen LogP contribution is 2.36. The number of anilines is 1. The van der Waals surface area contributed by atoms with Gasteiger partial charge in [0, 0.05) is 28.0 Å². The number of benzene rings is 2. The first-order valence-electron chi connectivity index (χ1n) is 9.26. The normalized spacial score (nSPS) is 10.8. The Hall–Kier alpha value is -3.45. The fourth-order valence-corrected chi connectivity index (χ4v) is 4.18. The van der Waals surface area contributed by atoms with Crippen LogP contribution in [0.15, 0.2) is 65.7 Å². The van der Waals surface area contributed by atoms with Crippen LogP contribution in [-0.2, 0) is 0 Å². The van der Waals surface area contributed by atoms with Crippen molar-refractivity contribution in [2.45, 2.75) is 13.3 Å². The molecule has 0 fully saturated rings. The van der Waals surface area contributed by atoms with Crippen LogP contribution in [-0.4, -0.2) is 17.5 Å². The fourth-order valence-electron chi connectivity index (χ4n) is 3.01. The molecule has 2 heterocycles. The first-order chi connectivity index (χ1) is 14.2. The van der Waals surface area contributed by atoms with E-state index < -0.39 is 0 Å². The average Bonchev–Trinajstić information content (AvgIpc) is 2.77. The minimum atomic E-state index is -0.316. The number of pyridine rings is 1. The molecular weight excluding hydrogens is 386 g/mol. The number of ether oxygens (including phenoxy) is 1. The van der Waals surface area contributed by atoms with Crippen molar-refractivity contribution in [1.82, 2.24) is 10.4 Å². The lowest BCUT2D eigenvalue weighted by Crippen LogP contribution is -2.29. The second kappa shape index (κ2) is 8.28. The molecule has 0 saturated carbocycles. The number of carbonyl (C=O) groups is 1. The van der Waals surface area contributed by atoms with Gasteiger partial charge in [0.25, 0.3) is 5.91 Å². The Labute approximate surface area is 171 Å². The molecule has 6 nitrogen and oxygen atoms in total. The van der Waals surface area contributed by atoms with E-state index in [9.17, 15) is 9.59 Å². The number of amides is 1. The molecule has 0 bridgehead atoms. The molecule has 0 aliphatic heterocycles. The Morgan fingerprint density at radius 1 is 1.10 bits per heavy atom. The fraction of sp³-hybridized carbons (Fsp3) is 0.136. The van der Waals surface area contributed by atoms with Gasteiger partial charge in [0.05, 0.1) is 22.4 Å². The molecule has 0 saturated heterocycles. The van der Waals surface area contributed by atoms with E-state index in [0.717, 1.165) is 15.8 Å². The van der Waals surface area contributed by atoms with Crippen LogP contribution < -0.4 is 21.0 Å². The predicted molar refractivity (Wildman–Crippen MR) is 117 cm³/mol. The second-order valence-electron chi connectivity index (χ2n) is 6.41. The number of nitrogens with zero attached hydrogens (tertiary/aromatic N) is 1. The van der Waals surface area contributed by atoms with E-state index in [1.807, 2.05) is 37.3 Å². The Balaban J connectivity index is 1.78. The van der Waals surface area contributed by atoms with Gasteiger partial charge in [-0.3, -0.25) is 25.4 Å². The van der Waals surface area contributed by atoms with E-state index in [1.165, 1.54) is 11.3 Å². The summed E-state index contributed by atoms with van der Waals surface area (Å²) >= 11 is 1.50. The van der Waals surface area contributed by atoms with Gasteiger partial charge in [-0.25, -0.2) is 0 Å². The summed E-state index contributed by atoms with van der Waals surface area (Å²) in [6, 6.07) is 14.3. The van der Waals surface area contributed by atoms with Crippen molar-refractivity contribution in [3.05, 3.63) is 76.7 Å². The molecular formula is C22H19N3O3S. The van der Waals surface area contributed by atoms with E-state index >= 15 is 0 Å². The van der Waals surface area contributed by atoms with Crippen molar-refractivity contribution < 1.29 is 9.53 Å². The molecule has 2 aromatic carbocycles. The molecule has 2 N–H and O–H groups in total. The summed E-state index contributed by atoms with van der Waals surface area (Å²) in [5.41, 5.74) is 6.45. The third-order valence-electron chi connectivity index (χ3n) is 4.41. The molecule has 7 heteroatoms. The molecule has 2 aromatic heterocycles. The van der Waals surface area contributed by atoms with Crippen LogP contribution in [0.5, 0.6) is 5.75 Å². The Morgan fingerprint density at radius 2 is 1.90 bits per heavy atom. The van der Waals surface area contributed by atoms with Crippen LogP contribution in [0.1, 0.15) is 23.7 Å². The van der Waals surface area contributed by atoms with E-state index in [1.54, 1.807) is 30.6 Å². The molecule has 4 rings (SSSR count). The van der Waals surface area contributed by atoms with Crippen molar-refractivity contribution in [2.24, 2.45) is 0 Å². The van der Waals surface area contributed by atoms with Crippen LogP contribution in [0.4, 0.5) is 5.69 Å². The second-order valence-corrected chi connectivity index (χ2v) is 7.46. The molecule has 0 aliphatic carbocycles. The number of fused-ring (bicyclic) bond motifs is 2. The number of nitrogens with one attached hydrogen (secondary N) is 2. The van der Waals surface area contributed by atoms with Crippen LogP contribution in [0.3, 0.4) is 0 Å². The monoisotopic (exact) mass is 405 g/mol. The van der Waals surface area contributed by atoms with Crippen LogP contribution in [0.2, 0.25) is 0 Å². The zero-order valence-corrected chi connectivity index (χ0v) is 16.6. The highest BCUT2D eigenvalue weighted by Gasteiger charge is 2.15. The van der Waals surface area contributed by atoms with Gasteiger partial charge in [-0.05, 0) is 42.8 Å². The van der Waals surface area contributed by atoms with Crippen LogP contribution in [0.25, 0.3) is 20.2 Å². The zero-order valence-electron chi connectivity index (χ0n) is 15.8. The SMILES string of the molecule is CCCOc1ccc(NNC(=O)c2ccncc2)c2c(=O)c3ccccc3sc12. The van der Waals surface area contributed by atoms with Crippen molar-refractivity contribution >= 4 is 43.1 Å². The molecule has 29 heavy (non-hydrogen) atoms. The Kier molecular flexibility index (Phi) is 5.39. The van der Waals surface area contributed by atoms with E-state index in [0.29, 0.717) is 34.4 Å². The largest absolute Gasteiger partial charge is 0.492 e. The zero-order chi connectivity index (χ0) is 20.2. The summed E-state index contributed by atoms with van der Waals surface area (Å²) < 4.78 is 7.52. The summed E-state index contributed by atoms with van der Waals surface area (Å²) in [5, 5.41) is 1.14. The minimum absolute atomic E-state index is 0.100. The molecule has 0 spiro atoms. The topological polar surface area (TPSA) is 80.3 Å². The number of hydrogen-bond donors (Lipinski definition) is 2. The van der Waals surface area contributed by atoms with Gasteiger partial charge in [-0.2, -0.15) is 0 Å². The number of hydrazine groups is 1. The average molecular weight is 405 g/mol. The number of aromatic nitrogens is 1. The lowest BCUT2D eigenvalue weighted by Gasteiger charge is -2.14. The number of hydrogen-bond acceptors (Lipinski definition) is 6. The van der Waals surface area contributed by atoms with Gasteiger partial charge < -0.3 is 4.74 Å². The van der Waals surface area contributed by atoms with E-state index in [4.69, 9.17) is 4.74 Å². The molecule has 146 valence electrons. The minimum Gasteiger partial charge on any atom is -0.492 e. The van der Waals surface area contributed by atoms with Crippen molar-refractivity contribution in [1.29, 1.82) is 0 Å². The van der Waals surface area contributed by atoms with Crippen molar-refractivity contribution in [3.63, 3.8) is 0 Å². The molecule has 0 radical (unpaired) electrons. The van der Waals surface area contributed by atoms with Crippen LogP contribution in [0, 0.1) is 0 Å². The van der Waals surface area contributed by atoms with Crippen LogP contribution >= 0.6 is 11.3 Å². The lowest BCUT2D eigenvalue weighted by atomic mass is 10.1. The molecule has 0 atom stereocenters. The number of rotatable bonds is 6. The van der Waals surface area contributed by atoms with Gasteiger partial charge >= 0.3 is 0 Å². The Morgan fingerprint density at radius 3 is 2.69 bits per heavy atom. The lowest BCUT2D eigenvalue weighted by molar-refractivity contribution is 0.0962. The van der Waals surface area contributed by atoms with Gasteiger partial charge in [0.2, 0.25) is 0 Å². The maximum atomic E-state index is 13.2. The summed E-state index contributed by atoms with van der Waals surface area (Å²) in [6.45, 7) is 2.60. The number of carbonyl (C=O) groups excluding carboxylic acids is 1. The summed E-state index contributed by atoms with van der Waals surface area (Å²) in [5.74, 6) is 0.351. The molecule has 1 amide bonds. The van der Waals surface area contributed by atoms with E-state index in [-0.39, 0.29) is 11.3 Å².